The molecule has 0 aliphatic rings. The molecule has 2 rings (SSSR count). The quantitative estimate of drug-likeness (QED) is 0.701. The second-order valence-electron chi connectivity index (χ2n) is 2.90. The molecule has 0 unspecified atom stereocenters. The second-order valence-corrected chi connectivity index (χ2v) is 2.90. The molecule has 0 aliphatic heterocycles. The monoisotopic (exact) mass is 188 g/mol. The van der Waals surface area contributed by atoms with Crippen LogP contribution in [-0.2, 0) is 0 Å². The van der Waals surface area contributed by atoms with Crippen molar-refractivity contribution in [2.75, 3.05) is 0 Å². The van der Waals surface area contributed by atoms with E-state index >= 15 is 0 Å². The summed E-state index contributed by atoms with van der Waals surface area (Å²) in [6.07, 6.45) is 5.33. The number of hydrogen-bond acceptors (Lipinski definition) is 1. The lowest BCUT2D eigenvalue weighted by molar-refractivity contribution is 0.557. The van der Waals surface area contributed by atoms with E-state index in [4.69, 9.17) is 4.42 Å². The minimum absolute atomic E-state index is 0.222. The maximum absolute atomic E-state index is 12.6. The standard InChI is InChI=1S/C12H9FO/c13-11-6-3-10(4-7-11)5-8-12-2-1-9-14-12/h1-9H/b8-5-. The number of benzene rings is 1. The molecule has 1 nitrogen and oxygen atoms in total. The van der Waals surface area contributed by atoms with E-state index in [2.05, 4.69) is 0 Å². The summed E-state index contributed by atoms with van der Waals surface area (Å²) < 4.78 is 17.7. The second kappa shape index (κ2) is 3.92. The van der Waals surface area contributed by atoms with Crippen LogP contribution in [0.15, 0.2) is 47.1 Å². The maximum atomic E-state index is 12.6. The van der Waals surface area contributed by atoms with Crippen LogP contribution in [0.1, 0.15) is 11.3 Å². The van der Waals surface area contributed by atoms with Crippen LogP contribution in [0, 0.1) is 5.82 Å². The van der Waals surface area contributed by atoms with Gasteiger partial charge in [0.15, 0.2) is 0 Å². The SMILES string of the molecule is Fc1ccc(/C=C\c2ccco2)cc1. The molecule has 1 aromatic heterocycles. The van der Waals surface area contributed by atoms with Crippen molar-refractivity contribution in [2.45, 2.75) is 0 Å². The highest BCUT2D eigenvalue weighted by Crippen LogP contribution is 2.09. The summed E-state index contributed by atoms with van der Waals surface area (Å²) in [5.74, 6) is 0.564. The molecule has 0 N–H and O–H groups in total. The molecule has 0 spiro atoms. The van der Waals surface area contributed by atoms with Gasteiger partial charge in [0.2, 0.25) is 0 Å². The Morgan fingerprint density at radius 3 is 2.43 bits per heavy atom. The fourth-order valence-corrected chi connectivity index (χ4v) is 1.14. The van der Waals surface area contributed by atoms with Crippen LogP contribution in [-0.4, -0.2) is 0 Å². The third-order valence-corrected chi connectivity index (χ3v) is 1.85. The molecule has 2 heteroatoms. The van der Waals surface area contributed by atoms with Gasteiger partial charge in [0.1, 0.15) is 11.6 Å². The topological polar surface area (TPSA) is 13.1 Å². The molecule has 0 atom stereocenters. The van der Waals surface area contributed by atoms with E-state index in [1.165, 1.54) is 12.1 Å². The first kappa shape index (κ1) is 8.75. The Labute approximate surface area is 81.5 Å². The largest absolute Gasteiger partial charge is 0.465 e. The minimum Gasteiger partial charge on any atom is -0.465 e. The Bertz CT molecular complexity index is 412. The number of hydrogen-bond donors (Lipinski definition) is 0. The first-order valence-corrected chi connectivity index (χ1v) is 4.32. The molecule has 0 radical (unpaired) electrons. The third kappa shape index (κ3) is 2.10. The van der Waals surface area contributed by atoms with Gasteiger partial charge in [-0.1, -0.05) is 18.2 Å². The molecular weight excluding hydrogens is 179 g/mol. The predicted octanol–water partition coefficient (Wildman–Crippen LogP) is 3.59. The molecule has 0 amide bonds. The van der Waals surface area contributed by atoms with Crippen LogP contribution in [0.3, 0.4) is 0 Å². The van der Waals surface area contributed by atoms with Gasteiger partial charge in [-0.3, -0.25) is 0 Å². The Hall–Kier alpha value is -1.83. The number of rotatable bonds is 2. The van der Waals surface area contributed by atoms with E-state index in [0.717, 1.165) is 11.3 Å². The van der Waals surface area contributed by atoms with E-state index in [1.807, 2.05) is 24.3 Å². The first-order valence-electron chi connectivity index (χ1n) is 4.32. The molecular formula is C12H9FO. The normalized spacial score (nSPS) is 10.9. The zero-order valence-corrected chi connectivity index (χ0v) is 7.48. The van der Waals surface area contributed by atoms with Crippen molar-refractivity contribution in [3.05, 3.63) is 59.8 Å². The summed E-state index contributed by atoms with van der Waals surface area (Å²) in [6.45, 7) is 0. The van der Waals surface area contributed by atoms with Gasteiger partial charge in [0.25, 0.3) is 0 Å². The summed E-state index contributed by atoms with van der Waals surface area (Å²) in [5.41, 5.74) is 0.947. The highest BCUT2D eigenvalue weighted by molar-refractivity contribution is 5.67. The lowest BCUT2D eigenvalue weighted by Gasteiger charge is -1.91. The van der Waals surface area contributed by atoms with Crippen LogP contribution in [0.2, 0.25) is 0 Å². The fourth-order valence-electron chi connectivity index (χ4n) is 1.14. The smallest absolute Gasteiger partial charge is 0.126 e. The highest BCUT2D eigenvalue weighted by atomic mass is 19.1. The summed E-state index contributed by atoms with van der Waals surface area (Å²) in [6, 6.07) is 9.98. The fraction of sp³-hybridized carbons (Fsp3) is 0. The lowest BCUT2D eigenvalue weighted by atomic mass is 10.2. The van der Waals surface area contributed by atoms with Gasteiger partial charge >= 0.3 is 0 Å². The number of furan rings is 1. The summed E-state index contributed by atoms with van der Waals surface area (Å²) >= 11 is 0. The number of halogens is 1. The molecule has 1 heterocycles. The van der Waals surface area contributed by atoms with Crippen molar-refractivity contribution in [2.24, 2.45) is 0 Å². The van der Waals surface area contributed by atoms with Crippen LogP contribution in [0.5, 0.6) is 0 Å². The van der Waals surface area contributed by atoms with Gasteiger partial charge in [-0.2, -0.15) is 0 Å². The Morgan fingerprint density at radius 2 is 1.79 bits per heavy atom. The van der Waals surface area contributed by atoms with E-state index in [-0.39, 0.29) is 5.82 Å². The Morgan fingerprint density at radius 1 is 1.00 bits per heavy atom. The maximum Gasteiger partial charge on any atom is 0.126 e. The van der Waals surface area contributed by atoms with Crippen molar-refractivity contribution in [3.63, 3.8) is 0 Å². The molecule has 14 heavy (non-hydrogen) atoms. The van der Waals surface area contributed by atoms with Crippen LogP contribution < -0.4 is 0 Å². The highest BCUT2D eigenvalue weighted by Gasteiger charge is 1.90. The van der Waals surface area contributed by atoms with E-state index in [0.29, 0.717) is 0 Å². The van der Waals surface area contributed by atoms with Crippen molar-refractivity contribution < 1.29 is 8.81 Å². The summed E-state index contributed by atoms with van der Waals surface area (Å²) in [7, 11) is 0. The Balaban J connectivity index is 2.15. The molecule has 0 saturated heterocycles. The third-order valence-electron chi connectivity index (χ3n) is 1.85. The zero-order chi connectivity index (χ0) is 9.80. The average molecular weight is 188 g/mol. The molecule has 1 aromatic carbocycles. The van der Waals surface area contributed by atoms with Gasteiger partial charge in [0.05, 0.1) is 6.26 Å². The molecule has 0 bridgehead atoms. The lowest BCUT2D eigenvalue weighted by Crippen LogP contribution is -1.73. The molecule has 0 fully saturated rings. The predicted molar refractivity (Wildman–Crippen MR) is 54.0 cm³/mol. The van der Waals surface area contributed by atoms with Gasteiger partial charge in [-0.05, 0) is 35.9 Å². The van der Waals surface area contributed by atoms with Gasteiger partial charge in [-0.15, -0.1) is 0 Å². The summed E-state index contributed by atoms with van der Waals surface area (Å²) in [4.78, 5) is 0. The van der Waals surface area contributed by atoms with E-state index < -0.39 is 0 Å². The summed E-state index contributed by atoms with van der Waals surface area (Å²) in [5, 5.41) is 0. The molecule has 0 aliphatic carbocycles. The van der Waals surface area contributed by atoms with Crippen molar-refractivity contribution in [1.82, 2.24) is 0 Å². The molecule has 0 saturated carbocycles. The van der Waals surface area contributed by atoms with Crippen LogP contribution >= 0.6 is 0 Å². The van der Waals surface area contributed by atoms with Gasteiger partial charge in [-0.25, -0.2) is 4.39 Å². The van der Waals surface area contributed by atoms with E-state index in [9.17, 15) is 4.39 Å². The first-order chi connectivity index (χ1) is 6.84. The zero-order valence-electron chi connectivity index (χ0n) is 7.48. The van der Waals surface area contributed by atoms with Crippen molar-refractivity contribution in [3.8, 4) is 0 Å². The van der Waals surface area contributed by atoms with Crippen LogP contribution in [0.25, 0.3) is 12.2 Å². The van der Waals surface area contributed by atoms with Crippen molar-refractivity contribution >= 4 is 12.2 Å². The van der Waals surface area contributed by atoms with E-state index in [1.54, 1.807) is 18.4 Å². The average Bonchev–Trinajstić information content (AvgIpc) is 2.70. The van der Waals surface area contributed by atoms with Crippen molar-refractivity contribution in [1.29, 1.82) is 0 Å². The van der Waals surface area contributed by atoms with Gasteiger partial charge < -0.3 is 4.42 Å². The molecule has 2 aromatic rings. The van der Waals surface area contributed by atoms with Gasteiger partial charge in [0, 0.05) is 0 Å². The Kier molecular flexibility index (Phi) is 2.45. The minimum atomic E-state index is -0.222. The van der Waals surface area contributed by atoms with Crippen LogP contribution in [0.4, 0.5) is 4.39 Å². The molecule has 70 valence electrons.